The highest BCUT2D eigenvalue weighted by Crippen LogP contribution is 2.10. The first kappa shape index (κ1) is 21.3. The van der Waals surface area contributed by atoms with Crippen molar-refractivity contribution in [3.05, 3.63) is 0 Å². The van der Waals surface area contributed by atoms with Crippen LogP contribution in [-0.4, -0.2) is 73.8 Å². The minimum atomic E-state index is 0. The lowest BCUT2D eigenvalue weighted by molar-refractivity contribution is -0.121. The molecule has 2 saturated heterocycles. The van der Waals surface area contributed by atoms with Crippen LogP contribution in [0, 0.1) is 0 Å². The van der Waals surface area contributed by atoms with E-state index in [1.807, 2.05) is 11.8 Å². The fourth-order valence-corrected chi connectivity index (χ4v) is 3.40. The summed E-state index contributed by atoms with van der Waals surface area (Å²) in [4.78, 5) is 14.3. The largest absolute Gasteiger partial charge is 0.379 e. The highest BCUT2D eigenvalue weighted by atomic mass is 35.5. The standard InChI is InChI=1S/C13H25N3O2S.2ClH/c1-11(16-3-5-18-6-4-16)9-15-13(17)8-12-10-19-7-2-14-12;;/h11-12,14H,2-10H2,1H3,(H,15,17);2*1H. The number of morpholine rings is 1. The van der Waals surface area contributed by atoms with Crippen molar-refractivity contribution < 1.29 is 9.53 Å². The molecular weight excluding hydrogens is 333 g/mol. The molecule has 8 heteroatoms. The van der Waals surface area contributed by atoms with Gasteiger partial charge in [-0.25, -0.2) is 0 Å². The van der Waals surface area contributed by atoms with Crippen LogP contribution in [-0.2, 0) is 9.53 Å². The lowest BCUT2D eigenvalue weighted by Crippen LogP contribution is -2.48. The number of halogens is 2. The monoisotopic (exact) mass is 359 g/mol. The van der Waals surface area contributed by atoms with Crippen LogP contribution >= 0.6 is 36.6 Å². The molecule has 2 unspecified atom stereocenters. The number of rotatable bonds is 5. The maximum atomic E-state index is 11.9. The Morgan fingerprint density at radius 3 is 2.76 bits per heavy atom. The van der Waals surface area contributed by atoms with E-state index in [0.29, 0.717) is 18.5 Å². The number of ether oxygens (including phenoxy) is 1. The van der Waals surface area contributed by atoms with Gasteiger partial charge >= 0.3 is 0 Å². The number of carbonyl (C=O) groups is 1. The number of carbonyl (C=O) groups excluding carboxylic acids is 1. The van der Waals surface area contributed by atoms with Crippen LogP contribution in [0.3, 0.4) is 0 Å². The van der Waals surface area contributed by atoms with Gasteiger partial charge in [0.1, 0.15) is 0 Å². The van der Waals surface area contributed by atoms with Crippen LogP contribution in [0.1, 0.15) is 13.3 Å². The van der Waals surface area contributed by atoms with Gasteiger partial charge in [0.25, 0.3) is 0 Å². The molecule has 2 fully saturated rings. The van der Waals surface area contributed by atoms with E-state index in [4.69, 9.17) is 4.74 Å². The summed E-state index contributed by atoms with van der Waals surface area (Å²) >= 11 is 1.93. The van der Waals surface area contributed by atoms with Crippen molar-refractivity contribution in [3.63, 3.8) is 0 Å². The second kappa shape index (κ2) is 11.8. The topological polar surface area (TPSA) is 53.6 Å². The van der Waals surface area contributed by atoms with Gasteiger partial charge in [0.05, 0.1) is 13.2 Å². The van der Waals surface area contributed by atoms with Crippen LogP contribution in [0.2, 0.25) is 0 Å². The van der Waals surface area contributed by atoms with Crippen molar-refractivity contribution in [3.8, 4) is 0 Å². The molecule has 2 aliphatic rings. The maximum Gasteiger partial charge on any atom is 0.221 e. The molecule has 2 atom stereocenters. The average Bonchev–Trinajstić information content (AvgIpc) is 2.47. The summed E-state index contributed by atoms with van der Waals surface area (Å²) in [6.45, 7) is 7.48. The summed E-state index contributed by atoms with van der Waals surface area (Å²) in [6, 6.07) is 0.735. The highest BCUT2D eigenvalue weighted by molar-refractivity contribution is 7.99. The number of hydrogen-bond donors (Lipinski definition) is 2. The number of nitrogens with one attached hydrogen (secondary N) is 2. The normalized spacial score (nSPS) is 24.3. The fraction of sp³-hybridized carbons (Fsp3) is 0.923. The minimum Gasteiger partial charge on any atom is -0.379 e. The van der Waals surface area contributed by atoms with Crippen molar-refractivity contribution in [1.29, 1.82) is 0 Å². The van der Waals surface area contributed by atoms with Gasteiger partial charge in [0, 0.05) is 56.2 Å². The Labute approximate surface area is 144 Å². The summed E-state index contributed by atoms with van der Waals surface area (Å²) in [7, 11) is 0. The first-order chi connectivity index (χ1) is 9.25. The molecule has 0 aromatic rings. The molecule has 21 heavy (non-hydrogen) atoms. The van der Waals surface area contributed by atoms with E-state index in [-0.39, 0.29) is 30.7 Å². The van der Waals surface area contributed by atoms with E-state index < -0.39 is 0 Å². The Morgan fingerprint density at radius 1 is 1.43 bits per heavy atom. The molecule has 126 valence electrons. The Balaban J connectivity index is 0.00000200. The van der Waals surface area contributed by atoms with Crippen LogP contribution < -0.4 is 10.6 Å². The quantitative estimate of drug-likeness (QED) is 0.758. The zero-order valence-corrected chi connectivity index (χ0v) is 15.0. The molecule has 1 amide bonds. The lowest BCUT2D eigenvalue weighted by Gasteiger charge is -2.32. The molecule has 2 heterocycles. The first-order valence-corrected chi connectivity index (χ1v) is 8.31. The molecular formula is C13H27Cl2N3O2S. The molecule has 2 rings (SSSR count). The minimum absolute atomic E-state index is 0. The van der Waals surface area contributed by atoms with Gasteiger partial charge < -0.3 is 15.4 Å². The zero-order valence-electron chi connectivity index (χ0n) is 12.5. The third kappa shape index (κ3) is 7.90. The second-order valence-corrected chi connectivity index (χ2v) is 6.38. The van der Waals surface area contributed by atoms with E-state index in [9.17, 15) is 4.79 Å². The van der Waals surface area contributed by atoms with E-state index in [0.717, 1.165) is 50.9 Å². The number of thioether (sulfide) groups is 1. The SMILES string of the molecule is CC(CNC(=O)CC1CSCCN1)N1CCOCC1.Cl.Cl. The Kier molecular flexibility index (Phi) is 12.0. The number of amides is 1. The summed E-state index contributed by atoms with van der Waals surface area (Å²) < 4.78 is 5.34. The molecule has 0 aromatic heterocycles. The van der Waals surface area contributed by atoms with Gasteiger partial charge in [-0.15, -0.1) is 24.8 Å². The molecule has 5 nitrogen and oxygen atoms in total. The molecule has 0 bridgehead atoms. The van der Waals surface area contributed by atoms with Gasteiger partial charge in [-0.1, -0.05) is 0 Å². The molecule has 0 spiro atoms. The molecule has 2 aliphatic heterocycles. The average molecular weight is 360 g/mol. The summed E-state index contributed by atoms with van der Waals surface area (Å²) in [5, 5.41) is 6.45. The van der Waals surface area contributed by atoms with Crippen molar-refractivity contribution in [2.45, 2.75) is 25.4 Å². The second-order valence-electron chi connectivity index (χ2n) is 5.23. The van der Waals surface area contributed by atoms with E-state index in [1.54, 1.807) is 0 Å². The zero-order chi connectivity index (χ0) is 13.5. The highest BCUT2D eigenvalue weighted by Gasteiger charge is 2.19. The van der Waals surface area contributed by atoms with Crippen molar-refractivity contribution in [1.82, 2.24) is 15.5 Å². The van der Waals surface area contributed by atoms with Gasteiger partial charge in [-0.05, 0) is 6.92 Å². The molecule has 2 N–H and O–H groups in total. The summed E-state index contributed by atoms with van der Waals surface area (Å²) in [5.41, 5.74) is 0. The van der Waals surface area contributed by atoms with E-state index in [2.05, 4.69) is 22.5 Å². The van der Waals surface area contributed by atoms with Gasteiger partial charge in [0.15, 0.2) is 0 Å². The maximum absolute atomic E-state index is 11.9. The predicted octanol–water partition coefficient (Wildman–Crippen LogP) is 0.762. The van der Waals surface area contributed by atoms with Crippen molar-refractivity contribution in [2.75, 3.05) is 50.9 Å². The van der Waals surface area contributed by atoms with Gasteiger partial charge in [-0.2, -0.15) is 11.8 Å². The number of nitrogens with zero attached hydrogens (tertiary/aromatic N) is 1. The number of hydrogen-bond acceptors (Lipinski definition) is 5. The van der Waals surface area contributed by atoms with E-state index >= 15 is 0 Å². The van der Waals surface area contributed by atoms with Gasteiger partial charge in [-0.3, -0.25) is 9.69 Å². The Bertz CT molecular complexity index is 289. The smallest absolute Gasteiger partial charge is 0.221 e. The Morgan fingerprint density at radius 2 is 2.14 bits per heavy atom. The van der Waals surface area contributed by atoms with Crippen LogP contribution in [0.4, 0.5) is 0 Å². The van der Waals surface area contributed by atoms with Crippen LogP contribution in [0.25, 0.3) is 0 Å². The van der Waals surface area contributed by atoms with Crippen molar-refractivity contribution in [2.24, 2.45) is 0 Å². The van der Waals surface area contributed by atoms with E-state index in [1.165, 1.54) is 0 Å². The van der Waals surface area contributed by atoms with Crippen LogP contribution in [0.15, 0.2) is 0 Å². The van der Waals surface area contributed by atoms with Crippen molar-refractivity contribution >= 4 is 42.5 Å². The Hall–Kier alpha value is 0.280. The van der Waals surface area contributed by atoms with Gasteiger partial charge in [0.2, 0.25) is 5.91 Å². The fourth-order valence-electron chi connectivity index (χ4n) is 2.46. The predicted molar refractivity (Wildman–Crippen MR) is 93.1 cm³/mol. The third-order valence-electron chi connectivity index (χ3n) is 3.69. The summed E-state index contributed by atoms with van der Waals surface area (Å²) in [5.74, 6) is 2.37. The molecule has 0 radical (unpaired) electrons. The third-order valence-corrected chi connectivity index (χ3v) is 4.82. The molecule has 0 saturated carbocycles. The summed E-state index contributed by atoms with van der Waals surface area (Å²) in [6.07, 6.45) is 0.600. The lowest BCUT2D eigenvalue weighted by atomic mass is 10.2. The van der Waals surface area contributed by atoms with Crippen LogP contribution in [0.5, 0.6) is 0 Å². The molecule has 0 aromatic carbocycles. The molecule has 0 aliphatic carbocycles. The first-order valence-electron chi connectivity index (χ1n) is 7.15.